The van der Waals surface area contributed by atoms with Crippen molar-refractivity contribution in [2.45, 2.75) is 6.42 Å². The number of rotatable bonds is 9. The molecule has 2 rings (SSSR count). The Kier molecular flexibility index (Phi) is 12.2. The highest BCUT2D eigenvalue weighted by molar-refractivity contribution is 14.0. The van der Waals surface area contributed by atoms with Crippen LogP contribution in [0.5, 0.6) is 11.5 Å². The molecule has 0 saturated carbocycles. The Morgan fingerprint density at radius 1 is 1.12 bits per heavy atom. The van der Waals surface area contributed by atoms with Gasteiger partial charge >= 0.3 is 0 Å². The summed E-state index contributed by atoms with van der Waals surface area (Å²) in [5, 5.41) is 6.65. The van der Waals surface area contributed by atoms with Crippen LogP contribution < -0.4 is 20.1 Å². The van der Waals surface area contributed by atoms with Gasteiger partial charge in [-0.25, -0.2) is 0 Å². The Morgan fingerprint density at radius 3 is 2.42 bits per heavy atom. The quantitative estimate of drug-likeness (QED) is 0.243. The minimum absolute atomic E-state index is 0. The molecule has 26 heavy (non-hydrogen) atoms. The number of guanidine groups is 1. The average Bonchev–Trinajstić information content (AvgIpc) is 2.67. The molecular formula is C18H31IN4O3. The van der Waals surface area contributed by atoms with Crippen molar-refractivity contribution in [3.63, 3.8) is 0 Å². The van der Waals surface area contributed by atoms with Crippen LogP contribution in [0.2, 0.25) is 0 Å². The normalized spacial score (nSPS) is 15.1. The average molecular weight is 478 g/mol. The van der Waals surface area contributed by atoms with Crippen LogP contribution in [0.3, 0.4) is 0 Å². The van der Waals surface area contributed by atoms with E-state index in [9.17, 15) is 0 Å². The second-order valence-electron chi connectivity index (χ2n) is 5.76. The van der Waals surface area contributed by atoms with Gasteiger partial charge in [-0.1, -0.05) is 0 Å². The number of benzene rings is 1. The van der Waals surface area contributed by atoms with E-state index in [0.717, 1.165) is 69.8 Å². The summed E-state index contributed by atoms with van der Waals surface area (Å²) in [6, 6.07) is 7.62. The molecule has 0 radical (unpaired) electrons. The maximum absolute atomic E-state index is 5.71. The number of nitrogens with zero attached hydrogens (tertiary/aromatic N) is 2. The van der Waals surface area contributed by atoms with Crippen LogP contribution in [-0.2, 0) is 4.74 Å². The van der Waals surface area contributed by atoms with Gasteiger partial charge in [-0.2, -0.15) is 0 Å². The summed E-state index contributed by atoms with van der Waals surface area (Å²) in [5.74, 6) is 2.52. The minimum Gasteiger partial charge on any atom is -0.497 e. The lowest BCUT2D eigenvalue weighted by molar-refractivity contribution is 0.0389. The zero-order chi connectivity index (χ0) is 17.7. The molecule has 0 unspecified atom stereocenters. The maximum Gasteiger partial charge on any atom is 0.191 e. The number of hydrogen-bond acceptors (Lipinski definition) is 5. The molecule has 7 nitrogen and oxygen atoms in total. The van der Waals surface area contributed by atoms with Crippen LogP contribution in [0.15, 0.2) is 29.3 Å². The lowest BCUT2D eigenvalue weighted by atomic mass is 10.3. The van der Waals surface area contributed by atoms with Gasteiger partial charge in [-0.05, 0) is 30.7 Å². The summed E-state index contributed by atoms with van der Waals surface area (Å²) >= 11 is 0. The predicted octanol–water partition coefficient (Wildman–Crippen LogP) is 1.58. The molecule has 0 bridgehead atoms. The molecule has 1 saturated heterocycles. The standard InChI is InChI=1S/C18H30N4O3.HI/c1-19-18(21-9-10-22-11-14-24-15-12-22)20-8-3-13-25-17-6-4-16(23-2)5-7-17;/h4-7H,3,8-15H2,1-2H3,(H2,19,20,21);1H. The Hall–Kier alpha value is -1.26. The van der Waals surface area contributed by atoms with Gasteiger partial charge in [-0.3, -0.25) is 9.89 Å². The van der Waals surface area contributed by atoms with E-state index < -0.39 is 0 Å². The van der Waals surface area contributed by atoms with E-state index in [-0.39, 0.29) is 24.0 Å². The lowest BCUT2D eigenvalue weighted by Gasteiger charge is -2.26. The third-order valence-corrected chi connectivity index (χ3v) is 3.99. The monoisotopic (exact) mass is 478 g/mol. The van der Waals surface area contributed by atoms with E-state index >= 15 is 0 Å². The van der Waals surface area contributed by atoms with Gasteiger partial charge in [0.05, 0.1) is 26.9 Å². The fraction of sp³-hybridized carbons (Fsp3) is 0.611. The Morgan fingerprint density at radius 2 is 1.77 bits per heavy atom. The fourth-order valence-electron chi connectivity index (χ4n) is 2.52. The summed E-state index contributed by atoms with van der Waals surface area (Å²) in [4.78, 5) is 6.64. The summed E-state index contributed by atoms with van der Waals surface area (Å²) in [6.07, 6.45) is 0.899. The predicted molar refractivity (Wildman–Crippen MR) is 115 cm³/mol. The molecular weight excluding hydrogens is 447 g/mol. The van der Waals surface area contributed by atoms with Crippen molar-refractivity contribution in [2.24, 2.45) is 4.99 Å². The fourth-order valence-corrected chi connectivity index (χ4v) is 2.52. The first-order chi connectivity index (χ1) is 12.3. The van der Waals surface area contributed by atoms with Crippen LogP contribution in [0.1, 0.15) is 6.42 Å². The molecule has 1 heterocycles. The van der Waals surface area contributed by atoms with Crippen molar-refractivity contribution in [2.75, 3.05) is 66.7 Å². The first-order valence-electron chi connectivity index (χ1n) is 8.83. The molecule has 1 aromatic carbocycles. The van der Waals surface area contributed by atoms with Gasteiger partial charge < -0.3 is 24.8 Å². The molecule has 2 N–H and O–H groups in total. The summed E-state index contributed by atoms with van der Waals surface area (Å²) in [7, 11) is 3.45. The smallest absolute Gasteiger partial charge is 0.191 e. The minimum atomic E-state index is 0. The topological polar surface area (TPSA) is 67.4 Å². The number of aliphatic imine (C=N–C) groups is 1. The van der Waals surface area contributed by atoms with E-state index in [2.05, 4.69) is 20.5 Å². The number of nitrogens with one attached hydrogen (secondary N) is 2. The van der Waals surface area contributed by atoms with Crippen LogP contribution >= 0.6 is 24.0 Å². The van der Waals surface area contributed by atoms with Crippen LogP contribution in [0.25, 0.3) is 0 Å². The highest BCUT2D eigenvalue weighted by Crippen LogP contribution is 2.16. The third-order valence-electron chi connectivity index (χ3n) is 3.99. The molecule has 0 atom stereocenters. The van der Waals surface area contributed by atoms with Gasteiger partial charge in [0.1, 0.15) is 11.5 Å². The van der Waals surface area contributed by atoms with Crippen molar-refractivity contribution < 1.29 is 14.2 Å². The molecule has 148 valence electrons. The van der Waals surface area contributed by atoms with E-state index in [0.29, 0.717) is 6.61 Å². The van der Waals surface area contributed by atoms with Crippen molar-refractivity contribution in [3.05, 3.63) is 24.3 Å². The zero-order valence-electron chi connectivity index (χ0n) is 15.7. The largest absolute Gasteiger partial charge is 0.497 e. The third kappa shape index (κ3) is 8.91. The van der Waals surface area contributed by atoms with E-state index in [4.69, 9.17) is 14.2 Å². The van der Waals surface area contributed by atoms with E-state index in [1.807, 2.05) is 24.3 Å². The van der Waals surface area contributed by atoms with E-state index in [1.54, 1.807) is 14.2 Å². The summed E-state index contributed by atoms with van der Waals surface area (Å²) < 4.78 is 16.2. The number of halogens is 1. The molecule has 0 aromatic heterocycles. The molecule has 1 aliphatic rings. The van der Waals surface area contributed by atoms with Gasteiger partial charge in [0.2, 0.25) is 0 Å². The lowest BCUT2D eigenvalue weighted by Crippen LogP contribution is -2.44. The number of morpholine rings is 1. The Balaban J connectivity index is 0.00000338. The molecule has 1 fully saturated rings. The molecule has 0 aliphatic carbocycles. The highest BCUT2D eigenvalue weighted by Gasteiger charge is 2.09. The van der Waals surface area contributed by atoms with Crippen molar-refractivity contribution in [1.82, 2.24) is 15.5 Å². The van der Waals surface area contributed by atoms with Gasteiger partial charge in [0.25, 0.3) is 0 Å². The van der Waals surface area contributed by atoms with Crippen molar-refractivity contribution in [1.29, 1.82) is 0 Å². The zero-order valence-corrected chi connectivity index (χ0v) is 18.0. The van der Waals surface area contributed by atoms with Crippen LogP contribution in [-0.4, -0.2) is 77.6 Å². The number of hydrogen-bond donors (Lipinski definition) is 2. The molecule has 0 amide bonds. The molecule has 1 aliphatic heterocycles. The van der Waals surface area contributed by atoms with Crippen molar-refractivity contribution >= 4 is 29.9 Å². The van der Waals surface area contributed by atoms with Gasteiger partial charge in [0.15, 0.2) is 5.96 Å². The molecule has 8 heteroatoms. The van der Waals surface area contributed by atoms with E-state index in [1.165, 1.54) is 0 Å². The van der Waals surface area contributed by atoms with Gasteiger partial charge in [0, 0.05) is 39.8 Å². The van der Waals surface area contributed by atoms with Crippen LogP contribution in [0.4, 0.5) is 0 Å². The summed E-state index contributed by atoms with van der Waals surface area (Å²) in [6.45, 7) is 7.04. The molecule has 0 spiro atoms. The van der Waals surface area contributed by atoms with Gasteiger partial charge in [-0.15, -0.1) is 24.0 Å². The first-order valence-corrected chi connectivity index (χ1v) is 8.83. The van der Waals surface area contributed by atoms with Crippen molar-refractivity contribution in [3.8, 4) is 11.5 Å². The second-order valence-corrected chi connectivity index (χ2v) is 5.76. The Bertz CT molecular complexity index is 508. The first kappa shape index (κ1) is 22.8. The SMILES string of the molecule is CN=C(NCCCOc1ccc(OC)cc1)NCCN1CCOCC1.I. The maximum atomic E-state index is 5.71. The Labute approximate surface area is 173 Å². The molecule has 1 aromatic rings. The summed E-state index contributed by atoms with van der Waals surface area (Å²) in [5.41, 5.74) is 0. The van der Waals surface area contributed by atoms with Crippen LogP contribution in [0, 0.1) is 0 Å². The second kappa shape index (κ2) is 13.9. The number of methoxy groups -OCH3 is 1. The highest BCUT2D eigenvalue weighted by atomic mass is 127. The number of ether oxygens (including phenoxy) is 3.